The van der Waals surface area contributed by atoms with Crippen molar-refractivity contribution in [2.45, 2.75) is 117 Å². The quantitative estimate of drug-likeness (QED) is 0.254. The average molecular weight is 268 g/mol. The van der Waals surface area contributed by atoms with Gasteiger partial charge in [0.25, 0.3) is 0 Å². The Morgan fingerprint density at radius 2 is 0.842 bits per heavy atom. The van der Waals surface area contributed by atoms with Crippen molar-refractivity contribution in [1.29, 1.82) is 0 Å². The fourth-order valence-corrected chi connectivity index (χ4v) is 2.69. The van der Waals surface area contributed by atoms with Crippen molar-refractivity contribution in [3.05, 3.63) is 6.42 Å². The van der Waals surface area contributed by atoms with Crippen molar-refractivity contribution >= 4 is 0 Å². The van der Waals surface area contributed by atoms with E-state index in [9.17, 15) is 0 Å². The van der Waals surface area contributed by atoms with Crippen LogP contribution in [0, 0.1) is 6.42 Å². The van der Waals surface area contributed by atoms with Crippen LogP contribution in [0.5, 0.6) is 0 Å². The van der Waals surface area contributed by atoms with E-state index >= 15 is 0 Å². The molecule has 0 aromatic heterocycles. The third-order valence-electron chi connectivity index (χ3n) is 4.05. The number of rotatable bonds is 16. The van der Waals surface area contributed by atoms with Crippen molar-refractivity contribution in [3.8, 4) is 0 Å². The first-order valence-electron chi connectivity index (χ1n) is 9.23. The molecule has 0 aromatic carbocycles. The maximum atomic E-state index is 2.42. The lowest BCUT2D eigenvalue weighted by molar-refractivity contribution is 0.535. The van der Waals surface area contributed by atoms with E-state index in [1.54, 1.807) is 0 Å². The summed E-state index contributed by atoms with van der Waals surface area (Å²) in [5.74, 6) is 0. The van der Waals surface area contributed by atoms with Crippen molar-refractivity contribution < 1.29 is 0 Å². The van der Waals surface area contributed by atoms with Gasteiger partial charge in [-0.1, -0.05) is 117 Å². The largest absolute Gasteiger partial charge is 0.0654 e. The zero-order chi connectivity index (χ0) is 14.0. The molecule has 1 radical (unpaired) electrons. The summed E-state index contributed by atoms with van der Waals surface area (Å²) in [6.45, 7) is 4.53. The van der Waals surface area contributed by atoms with Crippen LogP contribution in [0.4, 0.5) is 0 Å². The summed E-state index contributed by atoms with van der Waals surface area (Å²) in [4.78, 5) is 0. The fourth-order valence-electron chi connectivity index (χ4n) is 2.69. The van der Waals surface area contributed by atoms with Crippen molar-refractivity contribution in [2.24, 2.45) is 0 Å². The molecular formula is C19H39. The predicted molar refractivity (Wildman–Crippen MR) is 89.5 cm³/mol. The first-order valence-corrected chi connectivity index (χ1v) is 9.23. The molecule has 0 N–H and O–H groups in total. The van der Waals surface area contributed by atoms with Crippen LogP contribution in [0.2, 0.25) is 0 Å². The van der Waals surface area contributed by atoms with Gasteiger partial charge in [0.15, 0.2) is 0 Å². The third-order valence-corrected chi connectivity index (χ3v) is 4.05. The van der Waals surface area contributed by atoms with Gasteiger partial charge in [-0.05, 0) is 6.42 Å². The van der Waals surface area contributed by atoms with Gasteiger partial charge in [0.05, 0.1) is 0 Å². The highest BCUT2D eigenvalue weighted by Crippen LogP contribution is 2.13. The summed E-state index contributed by atoms with van der Waals surface area (Å²) in [5.41, 5.74) is 0. The van der Waals surface area contributed by atoms with Gasteiger partial charge in [-0.15, -0.1) is 0 Å². The minimum absolute atomic E-state index is 1.25. The molecular weight excluding hydrogens is 228 g/mol. The van der Waals surface area contributed by atoms with E-state index in [2.05, 4.69) is 20.3 Å². The van der Waals surface area contributed by atoms with Crippen LogP contribution in [0.3, 0.4) is 0 Å². The minimum atomic E-state index is 1.25. The number of unbranched alkanes of at least 4 members (excludes halogenated alkanes) is 16. The summed E-state index contributed by atoms with van der Waals surface area (Å²) in [6.07, 6.45) is 25.5. The maximum Gasteiger partial charge on any atom is -0.0389 e. The van der Waals surface area contributed by atoms with Gasteiger partial charge in [0.1, 0.15) is 0 Å². The Bertz CT molecular complexity index is 123. The Morgan fingerprint density at radius 3 is 1.21 bits per heavy atom. The zero-order valence-electron chi connectivity index (χ0n) is 13.9. The number of hydrogen-bond donors (Lipinski definition) is 0. The lowest BCUT2D eigenvalue weighted by atomic mass is 10.0. The van der Waals surface area contributed by atoms with Gasteiger partial charge in [-0.25, -0.2) is 0 Å². The van der Waals surface area contributed by atoms with Crippen molar-refractivity contribution in [1.82, 2.24) is 0 Å². The van der Waals surface area contributed by atoms with E-state index in [1.165, 1.54) is 103 Å². The standard InChI is InChI=1S/C19H39/c1-3-5-7-9-11-13-15-17-19-18-16-14-12-10-8-6-4-2/h5H,3-4,6-19H2,1-2H3. The van der Waals surface area contributed by atoms with Gasteiger partial charge in [0, 0.05) is 0 Å². The molecule has 19 heavy (non-hydrogen) atoms. The topological polar surface area (TPSA) is 0 Å². The summed E-state index contributed by atoms with van der Waals surface area (Å²) in [7, 11) is 0. The summed E-state index contributed by atoms with van der Waals surface area (Å²) < 4.78 is 0. The molecule has 0 bridgehead atoms. The fraction of sp³-hybridized carbons (Fsp3) is 0.947. The molecule has 115 valence electrons. The Kier molecular flexibility index (Phi) is 18.0. The van der Waals surface area contributed by atoms with Gasteiger partial charge in [-0.3, -0.25) is 0 Å². The van der Waals surface area contributed by atoms with E-state index in [-0.39, 0.29) is 0 Å². The van der Waals surface area contributed by atoms with Crippen LogP contribution in [-0.2, 0) is 0 Å². The minimum Gasteiger partial charge on any atom is -0.0654 e. The van der Waals surface area contributed by atoms with E-state index in [0.717, 1.165) is 0 Å². The second kappa shape index (κ2) is 18.0. The molecule has 0 heterocycles. The maximum absolute atomic E-state index is 2.42. The number of hydrogen-bond acceptors (Lipinski definition) is 0. The smallest absolute Gasteiger partial charge is 0.0389 e. The second-order valence-electron chi connectivity index (χ2n) is 6.08. The van der Waals surface area contributed by atoms with E-state index in [1.807, 2.05) is 0 Å². The molecule has 0 aliphatic heterocycles. The highest BCUT2D eigenvalue weighted by molar-refractivity contribution is 4.60. The van der Waals surface area contributed by atoms with Crippen LogP contribution < -0.4 is 0 Å². The second-order valence-corrected chi connectivity index (χ2v) is 6.08. The van der Waals surface area contributed by atoms with Crippen LogP contribution in [-0.4, -0.2) is 0 Å². The van der Waals surface area contributed by atoms with Gasteiger partial charge in [-0.2, -0.15) is 0 Å². The molecule has 0 saturated carbocycles. The Balaban J connectivity index is 2.88. The zero-order valence-corrected chi connectivity index (χ0v) is 13.9. The molecule has 0 fully saturated rings. The van der Waals surface area contributed by atoms with Crippen LogP contribution in [0.15, 0.2) is 0 Å². The molecule has 0 aromatic rings. The first kappa shape index (κ1) is 19.0. The predicted octanol–water partition coefficient (Wildman–Crippen LogP) is 7.47. The lowest BCUT2D eigenvalue weighted by Crippen LogP contribution is -1.83. The highest BCUT2D eigenvalue weighted by atomic mass is 14.0. The SMILES string of the molecule is CC[CH]CCCCCCCCCCCCCCCC. The first-order chi connectivity index (χ1) is 9.41. The molecule has 0 saturated heterocycles. The molecule has 0 heteroatoms. The summed E-state index contributed by atoms with van der Waals surface area (Å²) in [6, 6.07) is 0. The molecule has 0 nitrogen and oxygen atoms in total. The lowest BCUT2D eigenvalue weighted by Gasteiger charge is -2.03. The molecule has 0 rings (SSSR count). The molecule has 0 amide bonds. The molecule has 0 atom stereocenters. The molecule has 0 unspecified atom stereocenters. The summed E-state index contributed by atoms with van der Waals surface area (Å²) in [5, 5.41) is 0. The third kappa shape index (κ3) is 18.0. The van der Waals surface area contributed by atoms with Crippen LogP contribution >= 0.6 is 0 Å². The van der Waals surface area contributed by atoms with Gasteiger partial charge < -0.3 is 0 Å². The Labute approximate surface area is 123 Å². The molecule has 0 aliphatic carbocycles. The molecule has 0 spiro atoms. The van der Waals surface area contributed by atoms with E-state index in [4.69, 9.17) is 0 Å². The normalized spacial score (nSPS) is 11.1. The van der Waals surface area contributed by atoms with Crippen LogP contribution in [0.1, 0.15) is 117 Å². The Hall–Kier alpha value is 0. The molecule has 0 aliphatic rings. The van der Waals surface area contributed by atoms with Crippen molar-refractivity contribution in [3.63, 3.8) is 0 Å². The van der Waals surface area contributed by atoms with Crippen molar-refractivity contribution in [2.75, 3.05) is 0 Å². The monoisotopic (exact) mass is 267 g/mol. The average Bonchev–Trinajstić information content (AvgIpc) is 2.43. The summed E-state index contributed by atoms with van der Waals surface area (Å²) >= 11 is 0. The van der Waals surface area contributed by atoms with E-state index < -0.39 is 0 Å². The van der Waals surface area contributed by atoms with Gasteiger partial charge >= 0.3 is 0 Å². The Morgan fingerprint density at radius 1 is 0.474 bits per heavy atom. The van der Waals surface area contributed by atoms with E-state index in [0.29, 0.717) is 0 Å². The highest BCUT2D eigenvalue weighted by Gasteiger charge is 1.94. The van der Waals surface area contributed by atoms with Crippen LogP contribution in [0.25, 0.3) is 0 Å². The van der Waals surface area contributed by atoms with Gasteiger partial charge in [0.2, 0.25) is 0 Å².